The zero-order valence-corrected chi connectivity index (χ0v) is 15.2. The Hall–Kier alpha value is -2.33. The Kier molecular flexibility index (Phi) is 4.82. The summed E-state index contributed by atoms with van der Waals surface area (Å²) in [5.74, 6) is 0.739. The van der Waals surface area contributed by atoms with Gasteiger partial charge in [-0.05, 0) is 56.9 Å². The van der Waals surface area contributed by atoms with E-state index in [1.165, 1.54) is 5.56 Å². The van der Waals surface area contributed by atoms with Crippen LogP contribution in [-0.2, 0) is 11.2 Å². The summed E-state index contributed by atoms with van der Waals surface area (Å²) < 4.78 is 5.93. The van der Waals surface area contributed by atoms with E-state index in [2.05, 4.69) is 12.1 Å². The van der Waals surface area contributed by atoms with E-state index in [1.807, 2.05) is 62.1 Å². The minimum atomic E-state index is -0.852. The Morgan fingerprint density at radius 1 is 1.16 bits per heavy atom. The molecule has 4 heteroatoms. The predicted molar refractivity (Wildman–Crippen MR) is 101 cm³/mol. The van der Waals surface area contributed by atoms with Crippen LogP contribution in [0.4, 0.5) is 5.69 Å². The zero-order chi connectivity index (χ0) is 18.0. The molecule has 1 atom stereocenters. The van der Waals surface area contributed by atoms with Crippen LogP contribution in [0.2, 0.25) is 0 Å². The number of fused-ring (bicyclic) bond motifs is 1. The maximum Gasteiger partial charge on any atom is 0.270 e. The van der Waals surface area contributed by atoms with Crippen molar-refractivity contribution in [2.45, 2.75) is 45.3 Å². The second kappa shape index (κ2) is 6.89. The molecule has 0 saturated heterocycles. The lowest BCUT2D eigenvalue weighted by atomic mass is 10.0. The zero-order valence-electron chi connectivity index (χ0n) is 15.2. The highest BCUT2D eigenvalue weighted by atomic mass is 16.5. The van der Waals surface area contributed by atoms with Crippen LogP contribution in [0.25, 0.3) is 0 Å². The van der Waals surface area contributed by atoms with Gasteiger partial charge in [0.05, 0.1) is 5.69 Å². The summed E-state index contributed by atoms with van der Waals surface area (Å²) in [7, 11) is 0. The molecule has 2 aromatic rings. The molecule has 1 amide bonds. The summed E-state index contributed by atoms with van der Waals surface area (Å²) in [5, 5.41) is 0. The van der Waals surface area contributed by atoms with Gasteiger partial charge >= 0.3 is 0 Å². The number of nitrogens with zero attached hydrogens (tertiary/aromatic N) is 1. The van der Waals surface area contributed by atoms with Gasteiger partial charge in [-0.3, -0.25) is 4.79 Å². The number of amides is 1. The van der Waals surface area contributed by atoms with E-state index >= 15 is 0 Å². The van der Waals surface area contributed by atoms with Crippen LogP contribution in [0.5, 0.6) is 5.75 Å². The number of carbonyl (C=O) groups is 1. The van der Waals surface area contributed by atoms with Crippen molar-refractivity contribution in [3.05, 3.63) is 59.7 Å². The van der Waals surface area contributed by atoms with Crippen LogP contribution in [-0.4, -0.2) is 18.1 Å². The summed E-state index contributed by atoms with van der Waals surface area (Å²) in [6.45, 7) is 6.25. The lowest BCUT2D eigenvalue weighted by Gasteiger charge is -2.39. The molecule has 4 nitrogen and oxygen atoms in total. The molecule has 0 spiro atoms. The molecule has 0 bridgehead atoms. The lowest BCUT2D eigenvalue weighted by Crippen LogP contribution is -2.52. The van der Waals surface area contributed by atoms with Crippen molar-refractivity contribution >= 4 is 11.6 Å². The van der Waals surface area contributed by atoms with Crippen molar-refractivity contribution in [3.8, 4) is 5.75 Å². The number of aryl methyl sites for hydroxylation is 1. The molecule has 3 rings (SSSR count). The number of ether oxygens (including phenoxy) is 1. The van der Waals surface area contributed by atoms with Crippen molar-refractivity contribution in [3.63, 3.8) is 0 Å². The number of hydrogen-bond acceptors (Lipinski definition) is 3. The maximum atomic E-state index is 12.9. The Labute approximate surface area is 149 Å². The summed E-state index contributed by atoms with van der Waals surface area (Å²) in [6.07, 6.45) is 1.84. The molecular formula is C21H26N2O2. The number of benzene rings is 2. The third kappa shape index (κ3) is 3.69. The van der Waals surface area contributed by atoms with Gasteiger partial charge < -0.3 is 15.4 Å². The van der Waals surface area contributed by atoms with Crippen LogP contribution in [0.3, 0.4) is 0 Å². The van der Waals surface area contributed by atoms with E-state index in [1.54, 1.807) is 0 Å². The van der Waals surface area contributed by atoms with Crippen LogP contribution >= 0.6 is 0 Å². The molecular weight excluding hydrogens is 312 g/mol. The summed E-state index contributed by atoms with van der Waals surface area (Å²) in [4.78, 5) is 14.8. The first-order valence-corrected chi connectivity index (χ1v) is 8.83. The van der Waals surface area contributed by atoms with Crippen LogP contribution in [0.15, 0.2) is 48.5 Å². The molecule has 0 aliphatic carbocycles. The number of nitrogens with two attached hydrogens (primary N) is 1. The highest BCUT2D eigenvalue weighted by molar-refractivity contribution is 6.02. The molecule has 1 unspecified atom stereocenters. The molecule has 25 heavy (non-hydrogen) atoms. The second-order valence-corrected chi connectivity index (χ2v) is 7.17. The van der Waals surface area contributed by atoms with Gasteiger partial charge in [0.1, 0.15) is 5.75 Å². The van der Waals surface area contributed by atoms with E-state index in [9.17, 15) is 4.79 Å². The first kappa shape index (κ1) is 17.5. The quantitative estimate of drug-likeness (QED) is 0.901. The highest BCUT2D eigenvalue weighted by Crippen LogP contribution is 2.39. The normalized spacial score (nSPS) is 17.0. The number of anilines is 1. The smallest absolute Gasteiger partial charge is 0.270 e. The highest BCUT2D eigenvalue weighted by Gasteiger charge is 2.40. The first-order valence-electron chi connectivity index (χ1n) is 8.83. The van der Waals surface area contributed by atoms with Gasteiger partial charge in [-0.2, -0.15) is 0 Å². The Morgan fingerprint density at radius 2 is 1.88 bits per heavy atom. The first-order chi connectivity index (χ1) is 11.9. The van der Waals surface area contributed by atoms with Crippen molar-refractivity contribution in [1.82, 2.24) is 0 Å². The average Bonchev–Trinajstić information content (AvgIpc) is 2.58. The SMILES string of the molecule is CC(N)c1ccc2c(c1)N(CCCc1ccccc1)C(=O)C(C)(C)O2. The second-order valence-electron chi connectivity index (χ2n) is 7.17. The number of rotatable bonds is 5. The molecule has 132 valence electrons. The predicted octanol–water partition coefficient (Wildman–Crippen LogP) is 3.84. The van der Waals surface area contributed by atoms with Gasteiger partial charge in [-0.25, -0.2) is 0 Å². The maximum absolute atomic E-state index is 12.9. The van der Waals surface area contributed by atoms with E-state index in [0.29, 0.717) is 6.54 Å². The van der Waals surface area contributed by atoms with E-state index in [0.717, 1.165) is 29.8 Å². The van der Waals surface area contributed by atoms with Crippen molar-refractivity contribution < 1.29 is 9.53 Å². The Bertz CT molecular complexity index is 754. The Morgan fingerprint density at radius 3 is 2.56 bits per heavy atom. The standard InChI is InChI=1S/C21H26N2O2/c1-15(22)17-11-12-19-18(14-17)23(20(24)21(2,3)25-19)13-7-10-16-8-5-4-6-9-16/h4-6,8-9,11-12,14-15H,7,10,13,22H2,1-3H3. The molecule has 1 aliphatic heterocycles. The molecule has 0 saturated carbocycles. The molecule has 0 fully saturated rings. The van der Waals surface area contributed by atoms with Gasteiger partial charge in [0.25, 0.3) is 5.91 Å². The third-order valence-corrected chi connectivity index (χ3v) is 4.61. The minimum Gasteiger partial charge on any atom is -0.476 e. The summed E-state index contributed by atoms with van der Waals surface area (Å²) in [5.41, 5.74) is 8.27. The summed E-state index contributed by atoms with van der Waals surface area (Å²) >= 11 is 0. The molecule has 0 aromatic heterocycles. The van der Waals surface area contributed by atoms with Crippen molar-refractivity contribution in [2.24, 2.45) is 5.73 Å². The Balaban J connectivity index is 1.83. The fraction of sp³-hybridized carbons (Fsp3) is 0.381. The fourth-order valence-corrected chi connectivity index (χ4v) is 3.18. The van der Waals surface area contributed by atoms with Crippen molar-refractivity contribution in [1.29, 1.82) is 0 Å². The van der Waals surface area contributed by atoms with Gasteiger partial charge in [0.15, 0.2) is 5.60 Å². The van der Waals surface area contributed by atoms with Gasteiger partial charge in [0, 0.05) is 12.6 Å². The fourth-order valence-electron chi connectivity index (χ4n) is 3.18. The van der Waals surface area contributed by atoms with Gasteiger partial charge in [-0.1, -0.05) is 36.4 Å². The average molecular weight is 338 g/mol. The number of hydrogen-bond donors (Lipinski definition) is 1. The molecule has 1 heterocycles. The van der Waals surface area contributed by atoms with Gasteiger partial charge in [0.2, 0.25) is 0 Å². The van der Waals surface area contributed by atoms with Crippen LogP contribution < -0.4 is 15.4 Å². The van der Waals surface area contributed by atoms with Crippen molar-refractivity contribution in [2.75, 3.05) is 11.4 Å². The van der Waals surface area contributed by atoms with E-state index in [4.69, 9.17) is 10.5 Å². The largest absolute Gasteiger partial charge is 0.476 e. The molecule has 1 aliphatic rings. The van der Waals surface area contributed by atoms with E-state index in [-0.39, 0.29) is 11.9 Å². The van der Waals surface area contributed by atoms with E-state index < -0.39 is 5.60 Å². The third-order valence-electron chi connectivity index (χ3n) is 4.61. The molecule has 2 N–H and O–H groups in total. The molecule has 2 aromatic carbocycles. The van der Waals surface area contributed by atoms with Crippen LogP contribution in [0, 0.1) is 0 Å². The monoisotopic (exact) mass is 338 g/mol. The van der Waals surface area contributed by atoms with Crippen LogP contribution in [0.1, 0.15) is 44.4 Å². The minimum absolute atomic E-state index is 0.00474. The molecule has 0 radical (unpaired) electrons. The summed E-state index contributed by atoms with van der Waals surface area (Å²) in [6, 6.07) is 16.1. The lowest BCUT2D eigenvalue weighted by molar-refractivity contribution is -0.132. The van der Waals surface area contributed by atoms with Gasteiger partial charge in [-0.15, -0.1) is 0 Å². The number of carbonyl (C=O) groups excluding carboxylic acids is 1. The topological polar surface area (TPSA) is 55.6 Å².